The highest BCUT2D eigenvalue weighted by Gasteiger charge is 2.02. The zero-order valence-corrected chi connectivity index (χ0v) is 10.1. The second-order valence-corrected chi connectivity index (χ2v) is 4.12. The van der Waals surface area contributed by atoms with Crippen LogP contribution in [0.3, 0.4) is 0 Å². The minimum absolute atomic E-state index is 0.596. The van der Waals surface area contributed by atoms with Crippen molar-refractivity contribution in [3.05, 3.63) is 11.9 Å². The molecule has 0 radical (unpaired) electrons. The van der Waals surface area contributed by atoms with Crippen LogP contribution in [0.5, 0.6) is 0 Å². The van der Waals surface area contributed by atoms with E-state index in [1.165, 1.54) is 0 Å². The normalized spacial score (nSPS) is 11.0. The number of anilines is 1. The van der Waals surface area contributed by atoms with Gasteiger partial charge in [-0.2, -0.15) is 0 Å². The van der Waals surface area contributed by atoms with Crippen molar-refractivity contribution in [2.24, 2.45) is 5.92 Å². The average molecular weight is 211 g/mol. The maximum Gasteiger partial charge on any atom is 0.202 e. The summed E-state index contributed by atoms with van der Waals surface area (Å²) in [6, 6.07) is 0. The van der Waals surface area contributed by atoms with E-state index >= 15 is 0 Å². The molecular formula is C11H21N3O. The van der Waals surface area contributed by atoms with E-state index in [-0.39, 0.29) is 0 Å². The number of hydrogen-bond acceptors (Lipinski definition) is 3. The largest absolute Gasteiger partial charge is 0.379 e. The van der Waals surface area contributed by atoms with Crippen LogP contribution in [0.4, 0.5) is 5.95 Å². The third-order valence-corrected chi connectivity index (χ3v) is 2.05. The Labute approximate surface area is 91.7 Å². The van der Waals surface area contributed by atoms with E-state index in [2.05, 4.69) is 28.7 Å². The van der Waals surface area contributed by atoms with Crippen molar-refractivity contribution in [2.45, 2.75) is 27.3 Å². The number of ether oxygens (including phenoxy) is 1. The van der Waals surface area contributed by atoms with Gasteiger partial charge in [-0.3, -0.25) is 0 Å². The molecule has 0 aromatic carbocycles. The summed E-state index contributed by atoms with van der Waals surface area (Å²) in [6.07, 6.45) is 2.03. The molecule has 0 fully saturated rings. The molecule has 15 heavy (non-hydrogen) atoms. The van der Waals surface area contributed by atoms with Crippen LogP contribution in [0, 0.1) is 12.8 Å². The molecule has 1 N–H and O–H groups in total. The number of aromatic nitrogens is 2. The monoisotopic (exact) mass is 211 g/mol. The number of imidazole rings is 1. The first-order chi connectivity index (χ1) is 7.13. The zero-order chi connectivity index (χ0) is 11.3. The molecule has 0 spiro atoms. The van der Waals surface area contributed by atoms with Crippen molar-refractivity contribution in [2.75, 3.05) is 25.6 Å². The molecular weight excluding hydrogens is 190 g/mol. The third kappa shape index (κ3) is 3.91. The minimum Gasteiger partial charge on any atom is -0.379 e. The van der Waals surface area contributed by atoms with Gasteiger partial charge in [0, 0.05) is 26.4 Å². The van der Waals surface area contributed by atoms with E-state index in [9.17, 15) is 0 Å². The van der Waals surface area contributed by atoms with Crippen molar-refractivity contribution in [1.29, 1.82) is 0 Å². The van der Waals surface area contributed by atoms with Crippen LogP contribution in [-0.2, 0) is 11.3 Å². The van der Waals surface area contributed by atoms with Gasteiger partial charge in [0.1, 0.15) is 0 Å². The summed E-state index contributed by atoms with van der Waals surface area (Å²) in [7, 11) is 1.88. The van der Waals surface area contributed by atoms with Crippen LogP contribution < -0.4 is 5.32 Å². The second kappa shape index (κ2) is 5.75. The van der Waals surface area contributed by atoms with Gasteiger partial charge in [0.15, 0.2) is 0 Å². The summed E-state index contributed by atoms with van der Waals surface area (Å²) in [5, 5.41) is 3.06. The number of aryl methyl sites for hydroxylation is 1. The lowest BCUT2D eigenvalue weighted by Gasteiger charge is -2.09. The Morgan fingerprint density at radius 1 is 1.53 bits per heavy atom. The maximum atomic E-state index is 5.53. The van der Waals surface area contributed by atoms with Gasteiger partial charge in [-0.15, -0.1) is 0 Å². The van der Waals surface area contributed by atoms with Crippen molar-refractivity contribution >= 4 is 5.95 Å². The molecule has 0 aliphatic carbocycles. The Morgan fingerprint density at radius 2 is 2.27 bits per heavy atom. The number of rotatable bonds is 6. The standard InChI is InChI=1S/C11H21N3O/c1-9(2)8-15-6-5-14-7-10(3)13-11(14)12-4/h7,9H,5-6,8H2,1-4H3,(H,12,13). The average Bonchev–Trinajstić information content (AvgIpc) is 2.53. The lowest BCUT2D eigenvalue weighted by atomic mass is 10.2. The molecule has 1 aromatic heterocycles. The molecule has 0 saturated heterocycles. The first-order valence-electron chi connectivity index (χ1n) is 5.42. The number of hydrogen-bond donors (Lipinski definition) is 1. The third-order valence-electron chi connectivity index (χ3n) is 2.05. The summed E-state index contributed by atoms with van der Waals surface area (Å²) < 4.78 is 7.61. The Hall–Kier alpha value is -1.03. The molecule has 0 amide bonds. The fourth-order valence-electron chi connectivity index (χ4n) is 1.40. The molecule has 1 rings (SSSR count). The van der Waals surface area contributed by atoms with E-state index in [4.69, 9.17) is 4.74 Å². The summed E-state index contributed by atoms with van der Waals surface area (Å²) in [5.74, 6) is 1.50. The van der Waals surface area contributed by atoms with Gasteiger partial charge in [0.25, 0.3) is 0 Å². The molecule has 0 bridgehead atoms. The van der Waals surface area contributed by atoms with Crippen molar-refractivity contribution in [1.82, 2.24) is 9.55 Å². The first kappa shape index (κ1) is 12.0. The van der Waals surface area contributed by atoms with Crippen molar-refractivity contribution < 1.29 is 4.74 Å². The van der Waals surface area contributed by atoms with Crippen LogP contribution in [0.1, 0.15) is 19.5 Å². The van der Waals surface area contributed by atoms with Gasteiger partial charge >= 0.3 is 0 Å². The van der Waals surface area contributed by atoms with E-state index in [0.29, 0.717) is 5.92 Å². The quantitative estimate of drug-likeness (QED) is 0.730. The molecule has 0 unspecified atom stereocenters. The van der Waals surface area contributed by atoms with E-state index in [0.717, 1.165) is 31.4 Å². The van der Waals surface area contributed by atoms with Crippen molar-refractivity contribution in [3.63, 3.8) is 0 Å². The van der Waals surface area contributed by atoms with Gasteiger partial charge in [0.05, 0.1) is 12.3 Å². The lowest BCUT2D eigenvalue weighted by Crippen LogP contribution is -2.10. The lowest BCUT2D eigenvalue weighted by molar-refractivity contribution is 0.103. The maximum absolute atomic E-state index is 5.53. The van der Waals surface area contributed by atoms with Gasteiger partial charge in [-0.1, -0.05) is 13.8 Å². The molecule has 0 atom stereocenters. The predicted molar refractivity (Wildman–Crippen MR) is 62.2 cm³/mol. The summed E-state index contributed by atoms with van der Waals surface area (Å²) in [5.41, 5.74) is 1.03. The van der Waals surface area contributed by atoms with Gasteiger partial charge in [-0.05, 0) is 12.8 Å². The van der Waals surface area contributed by atoms with Gasteiger partial charge < -0.3 is 14.6 Å². The highest BCUT2D eigenvalue weighted by Crippen LogP contribution is 2.07. The topological polar surface area (TPSA) is 39.1 Å². The van der Waals surface area contributed by atoms with Gasteiger partial charge in [0.2, 0.25) is 5.95 Å². The van der Waals surface area contributed by atoms with Crippen LogP contribution in [0.2, 0.25) is 0 Å². The molecule has 0 aliphatic heterocycles. The molecule has 86 valence electrons. The number of nitrogens with one attached hydrogen (secondary N) is 1. The predicted octanol–water partition coefficient (Wildman–Crippen LogP) is 1.91. The smallest absolute Gasteiger partial charge is 0.202 e. The highest BCUT2D eigenvalue weighted by molar-refractivity contribution is 5.27. The molecule has 4 heteroatoms. The summed E-state index contributed by atoms with van der Waals surface area (Å²) in [6.45, 7) is 8.71. The Bertz CT molecular complexity index is 294. The molecule has 1 heterocycles. The second-order valence-electron chi connectivity index (χ2n) is 4.12. The van der Waals surface area contributed by atoms with Crippen LogP contribution in [0.25, 0.3) is 0 Å². The van der Waals surface area contributed by atoms with Crippen LogP contribution in [-0.4, -0.2) is 29.8 Å². The van der Waals surface area contributed by atoms with E-state index in [1.807, 2.05) is 20.2 Å². The van der Waals surface area contributed by atoms with Gasteiger partial charge in [-0.25, -0.2) is 4.98 Å². The Kier molecular flexibility index (Phi) is 4.62. The summed E-state index contributed by atoms with van der Waals surface area (Å²) in [4.78, 5) is 4.34. The fourth-order valence-corrected chi connectivity index (χ4v) is 1.40. The first-order valence-corrected chi connectivity index (χ1v) is 5.42. The Balaban J connectivity index is 2.36. The highest BCUT2D eigenvalue weighted by atomic mass is 16.5. The molecule has 0 aliphatic rings. The fraction of sp³-hybridized carbons (Fsp3) is 0.727. The molecule has 0 saturated carbocycles. The molecule has 4 nitrogen and oxygen atoms in total. The van der Waals surface area contributed by atoms with E-state index in [1.54, 1.807) is 0 Å². The minimum atomic E-state index is 0.596. The molecule has 1 aromatic rings. The van der Waals surface area contributed by atoms with Crippen LogP contribution >= 0.6 is 0 Å². The number of nitrogens with zero attached hydrogens (tertiary/aromatic N) is 2. The zero-order valence-electron chi connectivity index (χ0n) is 10.1. The van der Waals surface area contributed by atoms with Crippen molar-refractivity contribution in [3.8, 4) is 0 Å². The SMILES string of the molecule is CNc1nc(C)cn1CCOCC(C)C. The summed E-state index contributed by atoms with van der Waals surface area (Å²) >= 11 is 0. The van der Waals surface area contributed by atoms with E-state index < -0.39 is 0 Å². The Morgan fingerprint density at radius 3 is 2.87 bits per heavy atom. The van der Waals surface area contributed by atoms with Crippen LogP contribution in [0.15, 0.2) is 6.20 Å².